The molecule has 0 unspecified atom stereocenters. The molecule has 1 aromatic carbocycles. The number of benzene rings is 1. The summed E-state index contributed by atoms with van der Waals surface area (Å²) in [7, 11) is 0. The van der Waals surface area contributed by atoms with Gasteiger partial charge in [0.25, 0.3) is 11.8 Å². The summed E-state index contributed by atoms with van der Waals surface area (Å²) in [6, 6.07) is 12.3. The first-order valence-corrected chi connectivity index (χ1v) is 8.28. The molecule has 132 valence electrons. The molecule has 0 aliphatic heterocycles. The second kappa shape index (κ2) is 8.31. The van der Waals surface area contributed by atoms with E-state index in [2.05, 4.69) is 15.6 Å². The van der Waals surface area contributed by atoms with Gasteiger partial charge in [-0.25, -0.2) is 0 Å². The van der Waals surface area contributed by atoms with Crippen LogP contribution in [0.15, 0.2) is 65.5 Å². The van der Waals surface area contributed by atoms with Gasteiger partial charge in [0.1, 0.15) is 5.76 Å². The van der Waals surface area contributed by atoms with Crippen molar-refractivity contribution in [3.8, 4) is 0 Å². The number of pyridine rings is 1. The van der Waals surface area contributed by atoms with Gasteiger partial charge < -0.3 is 15.1 Å². The van der Waals surface area contributed by atoms with E-state index < -0.39 is 0 Å². The van der Waals surface area contributed by atoms with Crippen molar-refractivity contribution in [2.45, 2.75) is 13.1 Å². The largest absolute Gasteiger partial charge is 0.467 e. The third kappa shape index (κ3) is 4.49. The molecule has 0 saturated carbocycles. The standard InChI is InChI=1S/C19H16ClN3O3/c20-17-6-2-1-4-13(17)11-22-18(24)14-8-15(10-21-9-14)19(25)23-12-16-5-3-7-26-16/h1-10H,11-12H2,(H,22,24)(H,23,25). The van der Waals surface area contributed by atoms with Crippen LogP contribution >= 0.6 is 11.6 Å². The van der Waals surface area contributed by atoms with E-state index in [1.807, 2.05) is 18.2 Å². The van der Waals surface area contributed by atoms with E-state index in [4.69, 9.17) is 16.0 Å². The molecule has 2 N–H and O–H groups in total. The Hall–Kier alpha value is -3.12. The summed E-state index contributed by atoms with van der Waals surface area (Å²) < 4.78 is 5.16. The van der Waals surface area contributed by atoms with Crippen LogP contribution < -0.4 is 10.6 Å². The topological polar surface area (TPSA) is 84.2 Å². The zero-order chi connectivity index (χ0) is 18.4. The number of nitrogens with one attached hydrogen (secondary N) is 2. The van der Waals surface area contributed by atoms with Crippen LogP contribution in [0.1, 0.15) is 32.0 Å². The fraction of sp³-hybridized carbons (Fsp3) is 0.105. The molecule has 0 bridgehead atoms. The van der Waals surface area contributed by atoms with Gasteiger partial charge in [-0.3, -0.25) is 14.6 Å². The van der Waals surface area contributed by atoms with E-state index in [1.54, 1.807) is 18.2 Å². The summed E-state index contributed by atoms with van der Waals surface area (Å²) in [5, 5.41) is 6.06. The molecule has 0 fully saturated rings. The normalized spacial score (nSPS) is 10.3. The Labute approximate surface area is 155 Å². The van der Waals surface area contributed by atoms with Crippen molar-refractivity contribution in [3.05, 3.63) is 88.6 Å². The van der Waals surface area contributed by atoms with Crippen molar-refractivity contribution in [2.24, 2.45) is 0 Å². The lowest BCUT2D eigenvalue weighted by Gasteiger charge is -2.08. The average Bonchev–Trinajstić information content (AvgIpc) is 3.19. The summed E-state index contributed by atoms with van der Waals surface area (Å²) in [6.45, 7) is 0.544. The zero-order valence-electron chi connectivity index (χ0n) is 13.7. The van der Waals surface area contributed by atoms with Crippen LogP contribution in [0.2, 0.25) is 5.02 Å². The first-order chi connectivity index (χ1) is 12.6. The second-order valence-electron chi connectivity index (χ2n) is 5.50. The predicted octanol–water partition coefficient (Wildman–Crippen LogP) is 3.19. The van der Waals surface area contributed by atoms with Gasteiger partial charge in [-0.1, -0.05) is 29.8 Å². The molecule has 26 heavy (non-hydrogen) atoms. The van der Waals surface area contributed by atoms with Crippen molar-refractivity contribution in [2.75, 3.05) is 0 Å². The average molecular weight is 370 g/mol. The Morgan fingerprint density at radius 1 is 0.962 bits per heavy atom. The molecule has 2 aromatic heterocycles. The van der Waals surface area contributed by atoms with E-state index in [-0.39, 0.29) is 24.9 Å². The van der Waals surface area contributed by atoms with Crippen molar-refractivity contribution in [1.29, 1.82) is 0 Å². The van der Waals surface area contributed by atoms with Gasteiger partial charge in [0.05, 0.1) is 23.9 Å². The van der Waals surface area contributed by atoms with Gasteiger partial charge in [-0.05, 0) is 29.8 Å². The first-order valence-electron chi connectivity index (χ1n) is 7.91. The third-order valence-electron chi connectivity index (χ3n) is 3.66. The van der Waals surface area contributed by atoms with Gasteiger partial charge in [-0.2, -0.15) is 0 Å². The van der Waals surface area contributed by atoms with Gasteiger partial charge in [0.2, 0.25) is 0 Å². The van der Waals surface area contributed by atoms with Crippen molar-refractivity contribution in [3.63, 3.8) is 0 Å². The molecule has 0 spiro atoms. The zero-order valence-corrected chi connectivity index (χ0v) is 14.5. The smallest absolute Gasteiger partial charge is 0.253 e. The maximum atomic E-state index is 12.3. The number of halogens is 1. The number of aromatic nitrogens is 1. The lowest BCUT2D eigenvalue weighted by Crippen LogP contribution is -2.25. The van der Waals surface area contributed by atoms with Gasteiger partial charge >= 0.3 is 0 Å². The van der Waals surface area contributed by atoms with Gasteiger partial charge in [-0.15, -0.1) is 0 Å². The minimum absolute atomic E-state index is 0.259. The van der Waals surface area contributed by atoms with Crippen LogP contribution in [0.3, 0.4) is 0 Å². The highest BCUT2D eigenvalue weighted by Crippen LogP contribution is 2.14. The molecule has 0 aliphatic carbocycles. The number of amides is 2. The number of furan rings is 1. The lowest BCUT2D eigenvalue weighted by molar-refractivity contribution is 0.0947. The summed E-state index contributed by atoms with van der Waals surface area (Å²) in [5.74, 6) is -0.0345. The van der Waals surface area contributed by atoms with Crippen molar-refractivity contribution >= 4 is 23.4 Å². The Morgan fingerprint density at radius 3 is 2.31 bits per heavy atom. The van der Waals surface area contributed by atoms with Crippen LogP contribution in [0.25, 0.3) is 0 Å². The molecular formula is C19H16ClN3O3. The number of hydrogen-bond donors (Lipinski definition) is 2. The van der Waals surface area contributed by atoms with E-state index in [1.165, 1.54) is 24.7 Å². The minimum Gasteiger partial charge on any atom is -0.467 e. The number of carbonyl (C=O) groups is 2. The molecule has 0 saturated heterocycles. The summed E-state index contributed by atoms with van der Waals surface area (Å²) >= 11 is 6.07. The maximum Gasteiger partial charge on any atom is 0.253 e. The summed E-state index contributed by atoms with van der Waals surface area (Å²) in [5.41, 5.74) is 1.40. The summed E-state index contributed by atoms with van der Waals surface area (Å²) in [4.78, 5) is 28.5. The number of hydrogen-bond acceptors (Lipinski definition) is 4. The highest BCUT2D eigenvalue weighted by molar-refractivity contribution is 6.31. The molecule has 0 aliphatic rings. The highest BCUT2D eigenvalue weighted by Gasteiger charge is 2.12. The number of nitrogens with zero attached hydrogens (tertiary/aromatic N) is 1. The molecule has 3 rings (SSSR count). The fourth-order valence-electron chi connectivity index (χ4n) is 2.29. The molecule has 0 radical (unpaired) electrons. The van der Waals surface area contributed by atoms with Gasteiger partial charge in [0.15, 0.2) is 0 Å². The van der Waals surface area contributed by atoms with Crippen LogP contribution in [-0.2, 0) is 13.1 Å². The van der Waals surface area contributed by atoms with Crippen molar-refractivity contribution in [1.82, 2.24) is 15.6 Å². The first kappa shape index (κ1) is 17.7. The van der Waals surface area contributed by atoms with Crippen LogP contribution in [0.5, 0.6) is 0 Å². The highest BCUT2D eigenvalue weighted by atomic mass is 35.5. The SMILES string of the molecule is O=C(NCc1ccco1)c1cncc(C(=O)NCc2ccccc2Cl)c1. The Bertz CT molecular complexity index is 910. The number of rotatable bonds is 6. The quantitative estimate of drug-likeness (QED) is 0.698. The Balaban J connectivity index is 1.61. The Kier molecular flexibility index (Phi) is 5.66. The van der Waals surface area contributed by atoms with E-state index >= 15 is 0 Å². The van der Waals surface area contributed by atoms with Crippen LogP contribution in [-0.4, -0.2) is 16.8 Å². The molecule has 6 nitrogen and oxygen atoms in total. The lowest BCUT2D eigenvalue weighted by atomic mass is 10.1. The van der Waals surface area contributed by atoms with E-state index in [0.717, 1.165) is 5.56 Å². The summed E-state index contributed by atoms with van der Waals surface area (Å²) in [6.07, 6.45) is 4.35. The molecule has 2 amide bonds. The van der Waals surface area contributed by atoms with Crippen LogP contribution in [0, 0.1) is 0 Å². The molecule has 7 heteroatoms. The second-order valence-corrected chi connectivity index (χ2v) is 5.91. The third-order valence-corrected chi connectivity index (χ3v) is 4.03. The minimum atomic E-state index is -0.338. The number of carbonyl (C=O) groups excluding carboxylic acids is 2. The molecule has 0 atom stereocenters. The van der Waals surface area contributed by atoms with E-state index in [0.29, 0.717) is 21.9 Å². The van der Waals surface area contributed by atoms with Gasteiger partial charge in [0, 0.05) is 24.0 Å². The fourth-order valence-corrected chi connectivity index (χ4v) is 2.49. The molecular weight excluding hydrogens is 354 g/mol. The van der Waals surface area contributed by atoms with Crippen molar-refractivity contribution < 1.29 is 14.0 Å². The van der Waals surface area contributed by atoms with E-state index in [9.17, 15) is 9.59 Å². The van der Waals surface area contributed by atoms with Crippen LogP contribution in [0.4, 0.5) is 0 Å². The Morgan fingerprint density at radius 2 is 1.65 bits per heavy atom. The molecule has 2 heterocycles. The monoisotopic (exact) mass is 369 g/mol. The maximum absolute atomic E-state index is 12.3. The molecule has 3 aromatic rings. The predicted molar refractivity (Wildman–Crippen MR) is 96.7 cm³/mol.